The number of sulfonamides is 1. The van der Waals surface area contributed by atoms with Crippen LogP contribution in [-0.4, -0.2) is 61.9 Å². The number of esters is 2. The van der Waals surface area contributed by atoms with Gasteiger partial charge in [-0.15, -0.1) is 0 Å². The molecule has 2 aliphatic heterocycles. The summed E-state index contributed by atoms with van der Waals surface area (Å²) < 4.78 is 39.1. The van der Waals surface area contributed by atoms with Crippen molar-refractivity contribution in [1.82, 2.24) is 9.71 Å². The molecule has 0 radical (unpaired) electrons. The van der Waals surface area contributed by atoms with Crippen molar-refractivity contribution < 1.29 is 56.9 Å². The van der Waals surface area contributed by atoms with Crippen molar-refractivity contribution in [1.29, 1.82) is 0 Å². The Morgan fingerprint density at radius 3 is 1.95 bits per heavy atom. The van der Waals surface area contributed by atoms with Crippen LogP contribution < -0.4 is 19.3 Å². The zero-order valence-corrected chi connectivity index (χ0v) is 40.5. The molecule has 15 heteroatoms. The summed E-state index contributed by atoms with van der Waals surface area (Å²) in [6.45, 7) is 18.1. The molecule has 1 saturated heterocycles. The number of aliphatic imine (C=N–C) groups is 2. The molecule has 4 aliphatic rings. The van der Waals surface area contributed by atoms with Crippen molar-refractivity contribution in [2.45, 2.75) is 107 Å². The normalized spacial score (nSPS) is 28.9. The number of allylic oxidation sites excluding steroid dienone is 1. The number of ether oxygens (including phenoxy) is 2. The Morgan fingerprint density at radius 2 is 1.45 bits per heavy atom. The first-order valence-electron chi connectivity index (χ1n) is 21.0. The summed E-state index contributed by atoms with van der Waals surface area (Å²) in [6, 6.07) is 8.24. The van der Waals surface area contributed by atoms with Crippen LogP contribution in [0.25, 0.3) is 5.57 Å². The molecule has 6 rings (SSSR count). The molecule has 3 heterocycles. The van der Waals surface area contributed by atoms with Crippen LogP contribution in [-0.2, 0) is 48.6 Å². The van der Waals surface area contributed by atoms with E-state index in [4.69, 9.17) is 19.5 Å². The third kappa shape index (κ3) is 10.1. The summed E-state index contributed by atoms with van der Waals surface area (Å²) in [7, 11) is -3.72. The molecule has 60 heavy (non-hydrogen) atoms. The monoisotopic (exact) mass is 894 g/mol. The summed E-state index contributed by atoms with van der Waals surface area (Å²) in [5, 5.41) is 11.1. The van der Waals surface area contributed by atoms with E-state index < -0.39 is 33.9 Å². The molecule has 2 aliphatic carbocycles. The van der Waals surface area contributed by atoms with E-state index in [9.17, 15) is 27.9 Å². The second-order valence-electron chi connectivity index (χ2n) is 17.9. The fourth-order valence-corrected chi connectivity index (χ4v) is 10.9. The number of benzene rings is 1. The molecule has 13 nitrogen and oxygen atoms in total. The maximum Gasteiger partial charge on any atom is 0.315 e. The SMILES string of the molecule is CC1=C(OC(=O)C2C(C)CC(C)CC2C)C(N=C(O)C(C)NS(C)(=O)=O)=N/C1=C(/c1ccccc1)c1[n-]c(N2CCCC2=O)c(OC(=O)C2C(C)CC(C)CC2C)c1C.[Zn]. The number of aliphatic hydroxyl groups is 1. The number of amidine groups is 1. The third-order valence-electron chi connectivity index (χ3n) is 12.6. The van der Waals surface area contributed by atoms with Crippen LogP contribution in [0.2, 0.25) is 0 Å². The minimum Gasteiger partial charge on any atom is -0.495 e. The number of anilines is 1. The van der Waals surface area contributed by atoms with Gasteiger partial charge in [0, 0.05) is 37.0 Å². The van der Waals surface area contributed by atoms with E-state index in [1.54, 1.807) is 11.8 Å². The van der Waals surface area contributed by atoms with Gasteiger partial charge in [0.2, 0.25) is 15.9 Å². The average molecular weight is 896 g/mol. The second-order valence-corrected chi connectivity index (χ2v) is 19.7. The van der Waals surface area contributed by atoms with Crippen molar-refractivity contribution in [2.75, 3.05) is 17.7 Å². The average Bonchev–Trinajstić information content (AvgIpc) is 3.78. The van der Waals surface area contributed by atoms with Gasteiger partial charge in [-0.25, -0.2) is 18.1 Å². The van der Waals surface area contributed by atoms with Crippen molar-refractivity contribution in [3.8, 4) is 5.75 Å². The van der Waals surface area contributed by atoms with Crippen molar-refractivity contribution in [3.63, 3.8) is 0 Å². The molecule has 3 fully saturated rings. The van der Waals surface area contributed by atoms with Crippen LogP contribution in [0.4, 0.5) is 5.82 Å². The predicted molar refractivity (Wildman–Crippen MR) is 228 cm³/mol. The Kier molecular flexibility index (Phi) is 14.9. The number of hydrogen-bond donors (Lipinski definition) is 2. The van der Waals surface area contributed by atoms with E-state index >= 15 is 0 Å². The fraction of sp³-hybridized carbons (Fsp3) is 0.578. The third-order valence-corrected chi connectivity index (χ3v) is 13.4. The van der Waals surface area contributed by atoms with Crippen LogP contribution in [0, 0.1) is 54.3 Å². The molecule has 2 saturated carbocycles. The quantitative estimate of drug-likeness (QED) is 0.106. The summed E-state index contributed by atoms with van der Waals surface area (Å²) in [4.78, 5) is 57.6. The smallest absolute Gasteiger partial charge is 0.315 e. The van der Waals surface area contributed by atoms with Gasteiger partial charge in [0.05, 0.1) is 29.8 Å². The van der Waals surface area contributed by atoms with Gasteiger partial charge in [0.15, 0.2) is 11.6 Å². The van der Waals surface area contributed by atoms with Gasteiger partial charge in [-0.2, -0.15) is 4.99 Å². The van der Waals surface area contributed by atoms with Gasteiger partial charge in [-0.05, 0) is 118 Å². The molecular weight excluding hydrogens is 836 g/mol. The first-order valence-corrected chi connectivity index (χ1v) is 22.9. The van der Waals surface area contributed by atoms with Crippen LogP contribution in [0.5, 0.6) is 5.75 Å². The Hall–Kier alpha value is -3.94. The van der Waals surface area contributed by atoms with Gasteiger partial charge in [0.1, 0.15) is 11.7 Å². The van der Waals surface area contributed by atoms with Gasteiger partial charge >= 0.3 is 11.9 Å². The van der Waals surface area contributed by atoms with Crippen molar-refractivity contribution >= 4 is 51.0 Å². The molecule has 0 spiro atoms. The number of rotatable bonds is 10. The summed E-state index contributed by atoms with van der Waals surface area (Å²) >= 11 is 0. The molecule has 322 valence electrons. The minimum absolute atomic E-state index is 0. The van der Waals surface area contributed by atoms with Gasteiger partial charge in [-0.1, -0.05) is 71.9 Å². The molecule has 5 atom stereocenters. The first kappa shape index (κ1) is 47.1. The minimum atomic E-state index is -3.72. The Bertz CT molecular complexity index is 2190. The molecule has 1 aromatic heterocycles. The maximum atomic E-state index is 14.2. The Morgan fingerprint density at radius 1 is 0.917 bits per heavy atom. The zero-order chi connectivity index (χ0) is 43.1. The molecule has 0 bridgehead atoms. The number of nitrogens with zero attached hydrogens (tertiary/aromatic N) is 4. The maximum absolute atomic E-state index is 14.2. The molecular formula is C45H60N5O8SZn-. The van der Waals surface area contributed by atoms with E-state index in [-0.39, 0.29) is 84.1 Å². The van der Waals surface area contributed by atoms with E-state index in [1.807, 2.05) is 37.3 Å². The molecule has 2 N–H and O–H groups in total. The summed E-state index contributed by atoms with van der Waals surface area (Å²) in [5.74, 6) is -0.555. The summed E-state index contributed by atoms with van der Waals surface area (Å²) in [6.07, 6.45) is 5.50. The number of nitrogens with one attached hydrogen (secondary N) is 1. The number of amides is 1. The van der Waals surface area contributed by atoms with Crippen LogP contribution in [0.3, 0.4) is 0 Å². The molecule has 5 unspecified atom stereocenters. The predicted octanol–water partition coefficient (Wildman–Crippen LogP) is 7.50. The fourth-order valence-electron chi connectivity index (χ4n) is 10.2. The number of carbonyl (C=O) groups is 3. The molecule has 1 amide bonds. The largest absolute Gasteiger partial charge is 0.495 e. The van der Waals surface area contributed by atoms with Gasteiger partial charge < -0.3 is 24.5 Å². The second kappa shape index (κ2) is 19.0. The standard InChI is InChI=1S/C45H60N5O8S.Zn/c1-23-19-25(3)34(26(4)20-23)44(53)57-39-29(7)37(46-41(39)48-43(52)31(9)49-59(10,55)56)36(32-15-12-11-13-16-32)38-30(8)40(42(47-38)50-18-14-17-33(50)51)58-45(54)35-27(5)21-24(2)22-28(35)6;/h11-13,15-16,23-28,31,34-35,49H,14,17-22H2,1-10H3,(H-,46,47,48,52);/q-1;. The van der Waals surface area contributed by atoms with Crippen LogP contribution >= 0.6 is 0 Å². The van der Waals surface area contributed by atoms with E-state index in [0.717, 1.165) is 31.9 Å². The number of carbonyl (C=O) groups excluding carboxylic acids is 3. The van der Waals surface area contributed by atoms with Crippen molar-refractivity contribution in [3.05, 3.63) is 64.2 Å². The van der Waals surface area contributed by atoms with E-state index in [2.05, 4.69) is 51.3 Å². The van der Waals surface area contributed by atoms with Gasteiger partial charge in [-0.3, -0.25) is 14.4 Å². The van der Waals surface area contributed by atoms with Crippen molar-refractivity contribution in [2.24, 2.45) is 57.3 Å². The first-order chi connectivity index (χ1) is 27.7. The summed E-state index contributed by atoms with van der Waals surface area (Å²) in [5.41, 5.74) is 2.86. The van der Waals surface area contributed by atoms with E-state index in [0.29, 0.717) is 64.9 Å². The Labute approximate surface area is 367 Å². The number of aliphatic hydroxyl groups excluding tert-OH is 1. The molecule has 2 aromatic rings. The van der Waals surface area contributed by atoms with E-state index in [1.165, 1.54) is 6.92 Å². The number of aromatic nitrogens is 1. The topological polar surface area (TPSA) is 178 Å². The van der Waals surface area contributed by atoms with Crippen LogP contribution in [0.1, 0.15) is 111 Å². The number of hydrogen-bond acceptors (Lipinski definition) is 9. The van der Waals surface area contributed by atoms with Gasteiger partial charge in [0.25, 0.3) is 0 Å². The molecule has 1 aromatic carbocycles. The van der Waals surface area contributed by atoms with Crippen LogP contribution in [0.15, 0.2) is 57.3 Å². The Balaban J connectivity index is 0.00000683. The zero-order valence-electron chi connectivity index (χ0n) is 36.7.